The van der Waals surface area contributed by atoms with E-state index in [0.29, 0.717) is 18.7 Å². The summed E-state index contributed by atoms with van der Waals surface area (Å²) in [6.07, 6.45) is 0.554. The van der Waals surface area contributed by atoms with Gasteiger partial charge in [-0.15, -0.1) is 0 Å². The van der Waals surface area contributed by atoms with Gasteiger partial charge in [0.1, 0.15) is 6.61 Å². The minimum Gasteiger partial charge on any atom is -0.480 e. The Labute approximate surface area is 118 Å². The first kappa shape index (κ1) is 16.5. The number of anilines is 1. The Morgan fingerprint density at radius 1 is 1.35 bits per heavy atom. The number of nitrogens with one attached hydrogen (secondary N) is 1. The lowest BCUT2D eigenvalue weighted by Gasteiger charge is -2.12. The van der Waals surface area contributed by atoms with E-state index in [1.165, 1.54) is 0 Å². The number of aliphatic carboxylic acids is 1. The Kier molecular flexibility index (Phi) is 6.47. The highest BCUT2D eigenvalue weighted by molar-refractivity contribution is 7.91. The fraction of sp³-hybridized carbons (Fsp3) is 0.462. The van der Waals surface area contributed by atoms with Crippen molar-refractivity contribution < 1.29 is 23.1 Å². The van der Waals surface area contributed by atoms with Gasteiger partial charge in [-0.2, -0.15) is 0 Å². The summed E-state index contributed by atoms with van der Waals surface area (Å²) < 4.78 is 29.0. The molecule has 1 rings (SSSR count). The maximum absolute atomic E-state index is 12.1. The van der Waals surface area contributed by atoms with Gasteiger partial charge in [0.25, 0.3) is 0 Å². The van der Waals surface area contributed by atoms with E-state index >= 15 is 0 Å². The summed E-state index contributed by atoms with van der Waals surface area (Å²) in [5.41, 5.74) is 0.514. The summed E-state index contributed by atoms with van der Waals surface area (Å²) in [5, 5.41) is 11.4. The number of ether oxygens (including phenoxy) is 1. The SMILES string of the molecule is CCCS(=O)(=O)c1ccccc1NCCOCC(=O)O. The predicted molar refractivity (Wildman–Crippen MR) is 75.7 cm³/mol. The molecule has 0 aliphatic heterocycles. The van der Waals surface area contributed by atoms with Crippen LogP contribution in [0.1, 0.15) is 13.3 Å². The van der Waals surface area contributed by atoms with Gasteiger partial charge in [0.05, 0.1) is 22.9 Å². The van der Waals surface area contributed by atoms with Crippen molar-refractivity contribution in [2.24, 2.45) is 0 Å². The Bertz CT molecular complexity index is 541. The topological polar surface area (TPSA) is 92.7 Å². The third kappa shape index (κ3) is 5.18. The number of carboxylic acid groups (broad SMARTS) is 1. The molecule has 0 unspecified atom stereocenters. The molecular weight excluding hydrogens is 282 g/mol. The lowest BCUT2D eigenvalue weighted by atomic mass is 10.3. The average Bonchev–Trinajstić information content (AvgIpc) is 2.38. The molecule has 0 fully saturated rings. The molecule has 112 valence electrons. The molecule has 0 amide bonds. The molecule has 0 aliphatic carbocycles. The van der Waals surface area contributed by atoms with Crippen molar-refractivity contribution >= 4 is 21.5 Å². The molecular formula is C13H19NO5S. The minimum absolute atomic E-state index is 0.0984. The van der Waals surface area contributed by atoms with Gasteiger partial charge >= 0.3 is 5.97 Å². The molecule has 0 saturated heterocycles. The Hall–Kier alpha value is -1.60. The van der Waals surface area contributed by atoms with Crippen LogP contribution in [0, 0.1) is 0 Å². The monoisotopic (exact) mass is 301 g/mol. The molecule has 6 nitrogen and oxygen atoms in total. The van der Waals surface area contributed by atoms with Gasteiger partial charge < -0.3 is 15.2 Å². The average molecular weight is 301 g/mol. The number of para-hydroxylation sites is 1. The number of hydrogen-bond donors (Lipinski definition) is 2. The highest BCUT2D eigenvalue weighted by Gasteiger charge is 2.16. The van der Waals surface area contributed by atoms with Crippen LogP contribution < -0.4 is 5.32 Å². The molecule has 7 heteroatoms. The van der Waals surface area contributed by atoms with Crippen molar-refractivity contribution in [3.8, 4) is 0 Å². The lowest BCUT2D eigenvalue weighted by molar-refractivity contribution is -0.142. The van der Waals surface area contributed by atoms with E-state index in [0.717, 1.165) is 0 Å². The number of sulfone groups is 1. The van der Waals surface area contributed by atoms with Crippen molar-refractivity contribution in [3.05, 3.63) is 24.3 Å². The van der Waals surface area contributed by atoms with Crippen molar-refractivity contribution in [1.29, 1.82) is 0 Å². The quantitative estimate of drug-likeness (QED) is 0.669. The Balaban J connectivity index is 2.65. The summed E-state index contributed by atoms with van der Waals surface area (Å²) in [6.45, 7) is 1.98. The molecule has 20 heavy (non-hydrogen) atoms. The van der Waals surface area contributed by atoms with Crippen LogP contribution >= 0.6 is 0 Å². The van der Waals surface area contributed by atoms with E-state index in [1.54, 1.807) is 24.3 Å². The van der Waals surface area contributed by atoms with Gasteiger partial charge in [-0.25, -0.2) is 13.2 Å². The highest BCUT2D eigenvalue weighted by Crippen LogP contribution is 2.22. The van der Waals surface area contributed by atoms with Crippen LogP contribution in [-0.4, -0.2) is 45.0 Å². The van der Waals surface area contributed by atoms with Crippen LogP contribution in [0.15, 0.2) is 29.2 Å². The first-order valence-electron chi connectivity index (χ1n) is 6.32. The second-order valence-corrected chi connectivity index (χ2v) is 6.27. The Morgan fingerprint density at radius 2 is 2.05 bits per heavy atom. The third-order valence-electron chi connectivity index (χ3n) is 2.48. The van der Waals surface area contributed by atoms with Crippen LogP contribution in [0.4, 0.5) is 5.69 Å². The normalized spacial score (nSPS) is 11.2. The van der Waals surface area contributed by atoms with E-state index in [9.17, 15) is 13.2 Å². The zero-order valence-electron chi connectivity index (χ0n) is 11.3. The molecule has 0 radical (unpaired) electrons. The van der Waals surface area contributed by atoms with Crippen LogP contribution in [0.25, 0.3) is 0 Å². The molecule has 0 heterocycles. The van der Waals surface area contributed by atoms with Crippen molar-refractivity contribution in [2.45, 2.75) is 18.2 Å². The third-order valence-corrected chi connectivity index (χ3v) is 4.45. The van der Waals surface area contributed by atoms with Gasteiger partial charge in [0, 0.05) is 6.54 Å². The van der Waals surface area contributed by atoms with E-state index in [4.69, 9.17) is 9.84 Å². The molecule has 2 N–H and O–H groups in total. The van der Waals surface area contributed by atoms with Crippen LogP contribution in [0.3, 0.4) is 0 Å². The molecule has 0 aliphatic rings. The second-order valence-electron chi connectivity index (χ2n) is 4.19. The van der Waals surface area contributed by atoms with Crippen LogP contribution in [0.2, 0.25) is 0 Å². The van der Waals surface area contributed by atoms with E-state index in [1.807, 2.05) is 6.92 Å². The van der Waals surface area contributed by atoms with Gasteiger partial charge in [0.2, 0.25) is 0 Å². The number of carbonyl (C=O) groups is 1. The number of hydrogen-bond acceptors (Lipinski definition) is 5. The number of rotatable bonds is 9. The standard InChI is InChI=1S/C13H19NO5S/c1-2-9-20(17,18)12-6-4-3-5-11(12)14-7-8-19-10-13(15)16/h3-6,14H,2,7-10H2,1H3,(H,15,16). The minimum atomic E-state index is -3.29. The van der Waals surface area contributed by atoms with Gasteiger partial charge in [-0.05, 0) is 18.6 Å². The zero-order valence-corrected chi connectivity index (χ0v) is 12.1. The van der Waals surface area contributed by atoms with Crippen molar-refractivity contribution in [1.82, 2.24) is 0 Å². The summed E-state index contributed by atoms with van der Waals surface area (Å²) in [6, 6.07) is 6.66. The highest BCUT2D eigenvalue weighted by atomic mass is 32.2. The lowest BCUT2D eigenvalue weighted by Crippen LogP contribution is -2.16. The second kappa shape index (κ2) is 7.86. The summed E-state index contributed by atoms with van der Waals surface area (Å²) in [7, 11) is -3.29. The largest absolute Gasteiger partial charge is 0.480 e. The Morgan fingerprint density at radius 3 is 2.70 bits per heavy atom. The molecule has 1 aromatic rings. The molecule has 0 atom stereocenters. The van der Waals surface area contributed by atoms with E-state index in [2.05, 4.69) is 5.32 Å². The number of carboxylic acids is 1. The van der Waals surface area contributed by atoms with Crippen molar-refractivity contribution in [2.75, 3.05) is 30.8 Å². The summed E-state index contributed by atoms with van der Waals surface area (Å²) in [5.74, 6) is -0.933. The predicted octanol–water partition coefficient (Wildman–Crippen LogP) is 1.38. The van der Waals surface area contributed by atoms with Gasteiger partial charge in [-0.1, -0.05) is 19.1 Å². The molecule has 1 aromatic carbocycles. The summed E-state index contributed by atoms with van der Waals surface area (Å²) >= 11 is 0. The maximum atomic E-state index is 12.1. The number of benzene rings is 1. The van der Waals surface area contributed by atoms with Gasteiger partial charge in [-0.3, -0.25) is 0 Å². The fourth-order valence-corrected chi connectivity index (χ4v) is 3.20. The fourth-order valence-electron chi connectivity index (χ4n) is 1.68. The maximum Gasteiger partial charge on any atom is 0.329 e. The smallest absolute Gasteiger partial charge is 0.329 e. The summed E-state index contributed by atoms with van der Waals surface area (Å²) in [4.78, 5) is 10.5. The van der Waals surface area contributed by atoms with Crippen molar-refractivity contribution in [3.63, 3.8) is 0 Å². The van der Waals surface area contributed by atoms with Crippen LogP contribution in [-0.2, 0) is 19.4 Å². The first-order valence-corrected chi connectivity index (χ1v) is 7.98. The first-order chi connectivity index (χ1) is 9.47. The van der Waals surface area contributed by atoms with Gasteiger partial charge in [0.15, 0.2) is 9.84 Å². The molecule has 0 saturated carbocycles. The molecule has 0 spiro atoms. The zero-order chi connectivity index (χ0) is 15.0. The van der Waals surface area contributed by atoms with Crippen LogP contribution in [0.5, 0.6) is 0 Å². The van der Waals surface area contributed by atoms with E-state index < -0.39 is 15.8 Å². The van der Waals surface area contributed by atoms with E-state index in [-0.39, 0.29) is 23.9 Å². The molecule has 0 bridgehead atoms. The molecule has 0 aromatic heterocycles.